The third-order valence-electron chi connectivity index (χ3n) is 2.67. The van der Waals surface area contributed by atoms with Crippen molar-refractivity contribution in [2.45, 2.75) is 6.04 Å². The van der Waals surface area contributed by atoms with Gasteiger partial charge in [-0.15, -0.1) is 12.4 Å². The van der Waals surface area contributed by atoms with Gasteiger partial charge in [0.2, 0.25) is 5.91 Å². The zero-order valence-corrected chi connectivity index (χ0v) is 9.44. The fourth-order valence-corrected chi connectivity index (χ4v) is 1.59. The molecule has 2 fully saturated rings. The zero-order valence-electron chi connectivity index (χ0n) is 8.62. The number of carbonyl (C=O) groups is 1. The number of amides is 1. The van der Waals surface area contributed by atoms with E-state index < -0.39 is 0 Å². The highest BCUT2D eigenvalue weighted by atomic mass is 35.5. The van der Waals surface area contributed by atoms with Crippen molar-refractivity contribution in [3.05, 3.63) is 0 Å². The summed E-state index contributed by atoms with van der Waals surface area (Å²) in [5.41, 5.74) is 0. The summed E-state index contributed by atoms with van der Waals surface area (Å²) in [7, 11) is 0. The van der Waals surface area contributed by atoms with E-state index in [1.54, 1.807) is 0 Å². The molecule has 15 heavy (non-hydrogen) atoms. The first kappa shape index (κ1) is 12.7. The molecule has 3 N–H and O–H groups in total. The predicted octanol–water partition coefficient (Wildman–Crippen LogP) is -1.27. The Balaban J connectivity index is 0.00000112. The van der Waals surface area contributed by atoms with Crippen LogP contribution in [0.1, 0.15) is 0 Å². The summed E-state index contributed by atoms with van der Waals surface area (Å²) in [6.45, 7) is 4.79. The van der Waals surface area contributed by atoms with Crippen molar-refractivity contribution in [3.63, 3.8) is 0 Å². The van der Waals surface area contributed by atoms with E-state index in [-0.39, 0.29) is 24.4 Å². The lowest BCUT2D eigenvalue weighted by atomic mass is 10.0. The third kappa shape index (κ3) is 3.61. The molecule has 0 saturated carbocycles. The normalized spacial score (nSPS) is 26.3. The molecular weight excluding hydrogens is 218 g/mol. The van der Waals surface area contributed by atoms with Gasteiger partial charge >= 0.3 is 0 Å². The van der Waals surface area contributed by atoms with Gasteiger partial charge in [0, 0.05) is 32.1 Å². The van der Waals surface area contributed by atoms with E-state index in [0.717, 1.165) is 26.2 Å². The molecule has 0 aromatic heterocycles. The van der Waals surface area contributed by atoms with Gasteiger partial charge in [-0.3, -0.25) is 4.79 Å². The summed E-state index contributed by atoms with van der Waals surface area (Å²) >= 11 is 0. The number of carbonyl (C=O) groups excluding carboxylic acids is 1. The molecule has 88 valence electrons. The Morgan fingerprint density at radius 2 is 2.27 bits per heavy atom. The summed E-state index contributed by atoms with van der Waals surface area (Å²) in [6.07, 6.45) is 0. The number of hydrogen-bond donors (Lipinski definition) is 3. The summed E-state index contributed by atoms with van der Waals surface area (Å²) in [6, 6.07) is -0.156. The summed E-state index contributed by atoms with van der Waals surface area (Å²) in [5, 5.41) is 9.23. The van der Waals surface area contributed by atoms with Crippen LogP contribution in [0.15, 0.2) is 0 Å². The lowest BCUT2D eigenvalue weighted by Gasteiger charge is -2.29. The van der Waals surface area contributed by atoms with E-state index >= 15 is 0 Å². The van der Waals surface area contributed by atoms with Gasteiger partial charge < -0.3 is 20.7 Å². The molecule has 2 rings (SSSR count). The van der Waals surface area contributed by atoms with Crippen molar-refractivity contribution in [2.75, 3.05) is 39.4 Å². The quantitative estimate of drug-likeness (QED) is 0.571. The molecule has 0 aliphatic carbocycles. The Morgan fingerprint density at radius 3 is 2.80 bits per heavy atom. The molecule has 2 aliphatic rings. The van der Waals surface area contributed by atoms with Gasteiger partial charge in [0.1, 0.15) is 6.04 Å². The molecule has 2 heterocycles. The number of ether oxygens (including phenoxy) is 1. The lowest BCUT2D eigenvalue weighted by Crippen LogP contribution is -2.54. The van der Waals surface area contributed by atoms with E-state index in [9.17, 15) is 4.79 Å². The van der Waals surface area contributed by atoms with Crippen LogP contribution in [0.4, 0.5) is 0 Å². The largest absolute Gasteiger partial charge is 0.378 e. The number of rotatable bonds is 3. The number of morpholine rings is 1. The zero-order chi connectivity index (χ0) is 9.80. The van der Waals surface area contributed by atoms with E-state index in [1.165, 1.54) is 0 Å². The smallest absolute Gasteiger partial charge is 0.239 e. The SMILES string of the molecule is Cl.O=C(NCC1CNC1)[C@H]1COCCN1. The van der Waals surface area contributed by atoms with E-state index in [1.807, 2.05) is 0 Å². The maximum absolute atomic E-state index is 11.6. The first-order valence-electron chi connectivity index (χ1n) is 5.16. The third-order valence-corrected chi connectivity index (χ3v) is 2.67. The van der Waals surface area contributed by atoms with E-state index in [2.05, 4.69) is 16.0 Å². The highest BCUT2D eigenvalue weighted by Crippen LogP contribution is 2.00. The molecule has 1 atom stereocenters. The molecule has 0 spiro atoms. The molecule has 0 radical (unpaired) electrons. The minimum Gasteiger partial charge on any atom is -0.378 e. The number of halogens is 1. The van der Waals surface area contributed by atoms with Gasteiger partial charge in [-0.2, -0.15) is 0 Å². The molecule has 0 aromatic carbocycles. The van der Waals surface area contributed by atoms with Gasteiger partial charge in [0.15, 0.2) is 0 Å². The molecule has 2 aliphatic heterocycles. The minimum absolute atomic E-state index is 0. The maximum atomic E-state index is 11.6. The van der Waals surface area contributed by atoms with Crippen molar-refractivity contribution in [1.29, 1.82) is 0 Å². The fourth-order valence-electron chi connectivity index (χ4n) is 1.59. The Morgan fingerprint density at radius 1 is 1.47 bits per heavy atom. The van der Waals surface area contributed by atoms with Gasteiger partial charge in [0.05, 0.1) is 13.2 Å². The van der Waals surface area contributed by atoms with Crippen molar-refractivity contribution in [2.24, 2.45) is 5.92 Å². The van der Waals surface area contributed by atoms with Gasteiger partial charge in [0.25, 0.3) is 0 Å². The van der Waals surface area contributed by atoms with Crippen molar-refractivity contribution in [3.8, 4) is 0 Å². The van der Waals surface area contributed by atoms with Crippen LogP contribution in [0.5, 0.6) is 0 Å². The van der Waals surface area contributed by atoms with Crippen LogP contribution in [0.3, 0.4) is 0 Å². The van der Waals surface area contributed by atoms with Crippen LogP contribution in [0.25, 0.3) is 0 Å². The van der Waals surface area contributed by atoms with Crippen LogP contribution in [-0.4, -0.2) is 51.3 Å². The highest BCUT2D eigenvalue weighted by Gasteiger charge is 2.23. The van der Waals surface area contributed by atoms with Gasteiger partial charge in [-0.1, -0.05) is 0 Å². The van der Waals surface area contributed by atoms with Crippen LogP contribution in [0.2, 0.25) is 0 Å². The Hall–Kier alpha value is -0.360. The summed E-state index contributed by atoms with van der Waals surface area (Å²) < 4.78 is 5.21. The average molecular weight is 236 g/mol. The second-order valence-corrected chi connectivity index (χ2v) is 3.85. The molecule has 1 amide bonds. The Kier molecular flexibility index (Phi) is 5.31. The number of nitrogens with one attached hydrogen (secondary N) is 3. The minimum atomic E-state index is -0.156. The van der Waals surface area contributed by atoms with Crippen LogP contribution < -0.4 is 16.0 Å². The predicted molar refractivity (Wildman–Crippen MR) is 59.2 cm³/mol. The fraction of sp³-hybridized carbons (Fsp3) is 0.889. The van der Waals surface area contributed by atoms with Crippen LogP contribution >= 0.6 is 12.4 Å². The highest BCUT2D eigenvalue weighted by molar-refractivity contribution is 5.85. The first-order valence-corrected chi connectivity index (χ1v) is 5.16. The first-order chi connectivity index (χ1) is 6.86. The summed E-state index contributed by atoms with van der Waals surface area (Å²) in [4.78, 5) is 11.6. The molecule has 2 saturated heterocycles. The Labute approximate surface area is 95.7 Å². The second kappa shape index (κ2) is 6.27. The molecule has 5 nitrogen and oxygen atoms in total. The summed E-state index contributed by atoms with van der Waals surface area (Å²) in [5.74, 6) is 0.681. The van der Waals surface area contributed by atoms with Crippen molar-refractivity contribution >= 4 is 18.3 Å². The standard InChI is InChI=1S/C9H17N3O2.ClH/c13-9(8-6-14-2-1-11-8)12-5-7-3-10-4-7;/h7-8,10-11H,1-6H2,(H,12,13);1H/t8-;/m1./s1. The second-order valence-electron chi connectivity index (χ2n) is 3.85. The molecule has 0 aromatic rings. The average Bonchev–Trinajstić information content (AvgIpc) is 2.16. The monoisotopic (exact) mass is 235 g/mol. The van der Waals surface area contributed by atoms with Gasteiger partial charge in [-0.05, 0) is 0 Å². The molecule has 6 heteroatoms. The number of hydrogen-bond acceptors (Lipinski definition) is 4. The van der Waals surface area contributed by atoms with Gasteiger partial charge in [-0.25, -0.2) is 0 Å². The topological polar surface area (TPSA) is 62.4 Å². The van der Waals surface area contributed by atoms with Crippen LogP contribution in [-0.2, 0) is 9.53 Å². The Bertz CT molecular complexity index is 206. The lowest BCUT2D eigenvalue weighted by molar-refractivity contribution is -0.126. The van der Waals surface area contributed by atoms with E-state index in [4.69, 9.17) is 4.74 Å². The van der Waals surface area contributed by atoms with Crippen molar-refractivity contribution < 1.29 is 9.53 Å². The van der Waals surface area contributed by atoms with Crippen molar-refractivity contribution in [1.82, 2.24) is 16.0 Å². The molecule has 0 bridgehead atoms. The molecule has 0 unspecified atom stereocenters. The van der Waals surface area contributed by atoms with E-state index in [0.29, 0.717) is 19.1 Å². The molecular formula is C9H18ClN3O2. The van der Waals surface area contributed by atoms with Crippen LogP contribution in [0, 0.1) is 5.92 Å². The maximum Gasteiger partial charge on any atom is 0.239 e.